The van der Waals surface area contributed by atoms with Gasteiger partial charge in [-0.2, -0.15) is 0 Å². The van der Waals surface area contributed by atoms with E-state index in [1.54, 1.807) is 4.90 Å². The van der Waals surface area contributed by atoms with Crippen LogP contribution in [-0.4, -0.2) is 35.9 Å². The Kier molecular flexibility index (Phi) is 8.84. The summed E-state index contributed by atoms with van der Waals surface area (Å²) in [6, 6.07) is 12.8. The first-order valence-electron chi connectivity index (χ1n) is 10.3. The molecular weight excluding hydrogens is 383 g/mol. The first kappa shape index (κ1) is 23.4. The lowest BCUT2D eigenvalue weighted by molar-refractivity contribution is -0.143. The third-order valence-corrected chi connectivity index (χ3v) is 4.68. The molecule has 1 atom stereocenters. The molecule has 162 valence electrons. The smallest absolute Gasteiger partial charge is 0.261 e. The van der Waals surface area contributed by atoms with E-state index in [4.69, 9.17) is 4.74 Å². The fraction of sp³-hybridized carbons (Fsp3) is 0.417. The van der Waals surface area contributed by atoms with Gasteiger partial charge in [-0.15, -0.1) is 0 Å². The Balaban J connectivity index is 2.18. The van der Waals surface area contributed by atoms with Gasteiger partial charge < -0.3 is 15.0 Å². The van der Waals surface area contributed by atoms with Crippen molar-refractivity contribution in [1.82, 2.24) is 10.2 Å². The Morgan fingerprint density at radius 3 is 2.43 bits per heavy atom. The minimum absolute atomic E-state index is 0.172. The average molecular weight is 415 g/mol. The number of ether oxygens (including phenoxy) is 1. The van der Waals surface area contributed by atoms with Gasteiger partial charge in [-0.05, 0) is 49.1 Å². The highest BCUT2D eigenvalue weighted by atomic mass is 19.1. The fourth-order valence-electron chi connectivity index (χ4n) is 3.11. The van der Waals surface area contributed by atoms with Crippen LogP contribution in [-0.2, 0) is 16.1 Å². The van der Waals surface area contributed by atoms with E-state index in [0.29, 0.717) is 31.2 Å². The Morgan fingerprint density at radius 2 is 1.83 bits per heavy atom. The standard InChI is InChI=1S/C24H31FN2O3/c1-5-22(24(29)26-14-17(2)3)27(15-19-8-6-7-18(4)13-19)23(28)16-30-21-11-9-20(25)10-12-21/h6-13,17,22H,5,14-16H2,1-4H3,(H,26,29). The molecular formula is C24H31FN2O3. The maximum absolute atomic E-state index is 13.1. The van der Waals surface area contributed by atoms with Crippen molar-refractivity contribution >= 4 is 11.8 Å². The molecule has 1 unspecified atom stereocenters. The number of carbonyl (C=O) groups excluding carboxylic acids is 2. The van der Waals surface area contributed by atoms with Crippen LogP contribution in [0.1, 0.15) is 38.3 Å². The van der Waals surface area contributed by atoms with Crippen molar-refractivity contribution in [2.45, 2.75) is 46.7 Å². The van der Waals surface area contributed by atoms with Crippen LogP contribution in [0.4, 0.5) is 4.39 Å². The number of carbonyl (C=O) groups is 2. The van der Waals surface area contributed by atoms with E-state index in [-0.39, 0.29) is 24.2 Å². The fourth-order valence-corrected chi connectivity index (χ4v) is 3.11. The van der Waals surface area contributed by atoms with Gasteiger partial charge in [0.05, 0.1) is 0 Å². The molecule has 2 rings (SSSR count). The van der Waals surface area contributed by atoms with Crippen molar-refractivity contribution in [3.05, 3.63) is 65.5 Å². The largest absolute Gasteiger partial charge is 0.484 e. The molecule has 0 spiro atoms. The van der Waals surface area contributed by atoms with Gasteiger partial charge in [0.2, 0.25) is 5.91 Å². The summed E-state index contributed by atoms with van der Waals surface area (Å²) in [4.78, 5) is 27.4. The van der Waals surface area contributed by atoms with Crippen molar-refractivity contribution < 1.29 is 18.7 Å². The highest BCUT2D eigenvalue weighted by molar-refractivity contribution is 5.88. The molecule has 0 radical (unpaired) electrons. The molecule has 0 aliphatic carbocycles. The van der Waals surface area contributed by atoms with E-state index >= 15 is 0 Å². The van der Waals surface area contributed by atoms with E-state index < -0.39 is 6.04 Å². The van der Waals surface area contributed by atoms with Gasteiger partial charge in [-0.25, -0.2) is 4.39 Å². The number of nitrogens with one attached hydrogen (secondary N) is 1. The number of rotatable bonds is 10. The number of hydrogen-bond acceptors (Lipinski definition) is 3. The molecule has 1 N–H and O–H groups in total. The summed E-state index contributed by atoms with van der Waals surface area (Å²) >= 11 is 0. The predicted molar refractivity (Wildman–Crippen MR) is 116 cm³/mol. The van der Waals surface area contributed by atoms with E-state index in [0.717, 1.165) is 11.1 Å². The molecule has 0 saturated carbocycles. The zero-order valence-corrected chi connectivity index (χ0v) is 18.2. The van der Waals surface area contributed by atoms with Gasteiger partial charge in [-0.3, -0.25) is 9.59 Å². The van der Waals surface area contributed by atoms with E-state index in [2.05, 4.69) is 5.32 Å². The topological polar surface area (TPSA) is 58.6 Å². The third kappa shape index (κ3) is 7.17. The SMILES string of the molecule is CCC(C(=O)NCC(C)C)N(Cc1cccc(C)c1)C(=O)COc1ccc(F)cc1. The maximum Gasteiger partial charge on any atom is 0.261 e. The maximum atomic E-state index is 13.1. The average Bonchev–Trinajstić information content (AvgIpc) is 2.71. The predicted octanol–water partition coefficient (Wildman–Crippen LogP) is 4.09. The minimum atomic E-state index is -0.603. The Morgan fingerprint density at radius 1 is 1.13 bits per heavy atom. The molecule has 0 aliphatic heterocycles. The summed E-state index contributed by atoms with van der Waals surface area (Å²) in [5.74, 6) is -0.129. The minimum Gasteiger partial charge on any atom is -0.484 e. The molecule has 0 bridgehead atoms. The lowest BCUT2D eigenvalue weighted by Crippen LogP contribution is -2.50. The van der Waals surface area contributed by atoms with Gasteiger partial charge in [0.25, 0.3) is 5.91 Å². The second kappa shape index (κ2) is 11.3. The number of hydrogen-bond donors (Lipinski definition) is 1. The number of benzene rings is 2. The van der Waals surface area contributed by atoms with Gasteiger partial charge in [-0.1, -0.05) is 50.6 Å². The second-order valence-electron chi connectivity index (χ2n) is 7.82. The summed E-state index contributed by atoms with van der Waals surface area (Å²) in [6.45, 7) is 8.54. The van der Waals surface area contributed by atoms with Gasteiger partial charge >= 0.3 is 0 Å². The lowest BCUT2D eigenvalue weighted by Gasteiger charge is -2.31. The molecule has 2 amide bonds. The summed E-state index contributed by atoms with van der Waals surface area (Å²) in [5, 5.41) is 2.93. The van der Waals surface area contributed by atoms with Crippen LogP contribution in [0.5, 0.6) is 5.75 Å². The molecule has 2 aromatic rings. The van der Waals surface area contributed by atoms with Gasteiger partial charge in [0.15, 0.2) is 6.61 Å². The summed E-state index contributed by atoms with van der Waals surface area (Å²) < 4.78 is 18.6. The number of halogens is 1. The van der Waals surface area contributed by atoms with Crippen LogP contribution < -0.4 is 10.1 Å². The summed E-state index contributed by atoms with van der Waals surface area (Å²) in [7, 11) is 0. The van der Waals surface area contributed by atoms with Crippen LogP contribution in [0.2, 0.25) is 0 Å². The van der Waals surface area contributed by atoms with Crippen molar-refractivity contribution in [2.75, 3.05) is 13.2 Å². The molecule has 0 aliphatic rings. The third-order valence-electron chi connectivity index (χ3n) is 4.68. The van der Waals surface area contributed by atoms with Gasteiger partial charge in [0, 0.05) is 13.1 Å². The Labute approximate surface area is 178 Å². The molecule has 5 nitrogen and oxygen atoms in total. The zero-order valence-electron chi connectivity index (χ0n) is 18.2. The molecule has 0 fully saturated rings. The van der Waals surface area contributed by atoms with Crippen LogP contribution >= 0.6 is 0 Å². The normalized spacial score (nSPS) is 11.8. The number of amides is 2. The van der Waals surface area contributed by atoms with Crippen LogP contribution in [0.25, 0.3) is 0 Å². The Bertz CT molecular complexity index is 837. The van der Waals surface area contributed by atoms with Crippen molar-refractivity contribution in [3.8, 4) is 5.75 Å². The molecule has 6 heteroatoms. The molecule has 30 heavy (non-hydrogen) atoms. The first-order chi connectivity index (χ1) is 14.3. The quantitative estimate of drug-likeness (QED) is 0.637. The van der Waals surface area contributed by atoms with Crippen LogP contribution in [0.3, 0.4) is 0 Å². The van der Waals surface area contributed by atoms with Crippen molar-refractivity contribution in [3.63, 3.8) is 0 Å². The summed E-state index contributed by atoms with van der Waals surface area (Å²) in [5.41, 5.74) is 2.03. The number of nitrogens with zero attached hydrogens (tertiary/aromatic N) is 1. The lowest BCUT2D eigenvalue weighted by atomic mass is 10.1. The monoisotopic (exact) mass is 414 g/mol. The summed E-state index contributed by atoms with van der Waals surface area (Å²) in [6.07, 6.45) is 0.484. The molecule has 2 aromatic carbocycles. The van der Waals surface area contributed by atoms with Gasteiger partial charge in [0.1, 0.15) is 17.6 Å². The molecule has 0 saturated heterocycles. The highest BCUT2D eigenvalue weighted by Crippen LogP contribution is 2.16. The van der Waals surface area contributed by atoms with Crippen LogP contribution in [0.15, 0.2) is 48.5 Å². The molecule has 0 heterocycles. The van der Waals surface area contributed by atoms with E-state index in [9.17, 15) is 14.0 Å². The second-order valence-corrected chi connectivity index (χ2v) is 7.82. The van der Waals surface area contributed by atoms with E-state index in [1.807, 2.05) is 52.0 Å². The van der Waals surface area contributed by atoms with E-state index in [1.165, 1.54) is 24.3 Å². The van der Waals surface area contributed by atoms with Crippen LogP contribution in [0, 0.1) is 18.7 Å². The van der Waals surface area contributed by atoms with Crippen molar-refractivity contribution in [2.24, 2.45) is 5.92 Å². The first-order valence-corrected chi connectivity index (χ1v) is 10.3. The van der Waals surface area contributed by atoms with Crippen molar-refractivity contribution in [1.29, 1.82) is 0 Å². The number of aryl methyl sites for hydroxylation is 1. The highest BCUT2D eigenvalue weighted by Gasteiger charge is 2.29. The Hall–Kier alpha value is -2.89. The zero-order chi connectivity index (χ0) is 22.1. The molecule has 0 aromatic heterocycles.